The number of amides is 3. The number of nitrogen functional groups attached to an aromatic ring is 1. The summed E-state index contributed by atoms with van der Waals surface area (Å²) < 4.78 is 0. The number of hydrogen-bond acceptors (Lipinski definition) is 5. The van der Waals surface area contributed by atoms with Crippen LogP contribution in [0.4, 0.5) is 10.5 Å². The lowest BCUT2D eigenvalue weighted by atomic mass is 10.1. The molecule has 1 aliphatic heterocycles. The second-order valence-electron chi connectivity index (χ2n) is 7.94. The Hall–Kier alpha value is -4.34. The molecule has 2 aromatic heterocycles. The zero-order valence-electron chi connectivity index (χ0n) is 18.0. The molecule has 0 spiro atoms. The zero-order valence-corrected chi connectivity index (χ0v) is 18.0. The smallest absolute Gasteiger partial charge is 0.317 e. The van der Waals surface area contributed by atoms with E-state index in [1.54, 1.807) is 41.1 Å². The molecule has 1 fully saturated rings. The number of benzene rings is 2. The maximum atomic E-state index is 13.1. The first-order valence-corrected chi connectivity index (χ1v) is 10.6. The van der Waals surface area contributed by atoms with Gasteiger partial charge in [0.25, 0.3) is 11.5 Å². The van der Waals surface area contributed by atoms with Crippen molar-refractivity contribution in [1.29, 1.82) is 0 Å². The van der Waals surface area contributed by atoms with Gasteiger partial charge in [-0.05, 0) is 30.3 Å². The number of nitrogens with zero attached hydrogens (tertiary/aromatic N) is 3. The van der Waals surface area contributed by atoms with Crippen LogP contribution in [-0.2, 0) is 0 Å². The van der Waals surface area contributed by atoms with Crippen LogP contribution >= 0.6 is 0 Å². The molecule has 0 saturated carbocycles. The maximum Gasteiger partial charge on any atom is 0.317 e. The lowest BCUT2D eigenvalue weighted by molar-refractivity contribution is 0.0666. The van der Waals surface area contributed by atoms with Crippen molar-refractivity contribution >= 4 is 39.6 Å². The predicted molar refractivity (Wildman–Crippen MR) is 126 cm³/mol. The fraction of sp³-hybridized carbons (Fsp3) is 0.217. The molecular formula is C23H23N7O3. The van der Waals surface area contributed by atoms with Crippen molar-refractivity contribution in [2.45, 2.75) is 0 Å². The van der Waals surface area contributed by atoms with Gasteiger partial charge in [-0.1, -0.05) is 12.1 Å². The number of carbonyl (C=O) groups is 2. The van der Waals surface area contributed by atoms with Crippen LogP contribution in [0, 0.1) is 0 Å². The van der Waals surface area contributed by atoms with Crippen molar-refractivity contribution in [2.75, 3.05) is 39.0 Å². The van der Waals surface area contributed by atoms with E-state index >= 15 is 0 Å². The number of aromatic nitrogens is 3. The Labute approximate surface area is 188 Å². The molecule has 0 atom stereocenters. The highest BCUT2D eigenvalue weighted by Gasteiger charge is 2.25. The Kier molecular flexibility index (Phi) is 4.97. The van der Waals surface area contributed by atoms with E-state index in [0.29, 0.717) is 65.1 Å². The third-order valence-corrected chi connectivity index (χ3v) is 5.99. The molecule has 0 aliphatic carbocycles. The minimum atomic E-state index is -0.350. The topological polar surface area (TPSA) is 140 Å². The Balaban J connectivity index is 1.46. The van der Waals surface area contributed by atoms with Crippen LogP contribution < -0.4 is 16.6 Å². The summed E-state index contributed by atoms with van der Waals surface area (Å²) in [5.41, 5.74) is 9.51. The second kappa shape index (κ2) is 7.97. The number of nitrogens with two attached hydrogens (primary N) is 1. The van der Waals surface area contributed by atoms with Crippen LogP contribution in [-0.4, -0.2) is 69.9 Å². The Bertz CT molecular complexity index is 1450. The van der Waals surface area contributed by atoms with E-state index in [0.717, 1.165) is 0 Å². The van der Waals surface area contributed by atoms with Gasteiger partial charge in [0.1, 0.15) is 0 Å². The van der Waals surface area contributed by atoms with Crippen molar-refractivity contribution in [3.05, 3.63) is 58.4 Å². The van der Waals surface area contributed by atoms with Crippen LogP contribution in [0.25, 0.3) is 33.3 Å². The summed E-state index contributed by atoms with van der Waals surface area (Å²) in [5, 5.41) is 3.25. The van der Waals surface area contributed by atoms with Crippen molar-refractivity contribution in [2.24, 2.45) is 0 Å². The molecule has 0 bridgehead atoms. The fourth-order valence-corrected chi connectivity index (χ4v) is 4.18. The van der Waals surface area contributed by atoms with Crippen LogP contribution in [0.3, 0.4) is 0 Å². The highest BCUT2D eigenvalue weighted by Crippen LogP contribution is 2.31. The molecule has 2 aromatic carbocycles. The number of nitrogens with one attached hydrogen (secondary N) is 3. The lowest BCUT2D eigenvalue weighted by Gasteiger charge is -2.34. The summed E-state index contributed by atoms with van der Waals surface area (Å²) in [7, 11) is 1.59. The number of anilines is 1. The van der Waals surface area contributed by atoms with Crippen molar-refractivity contribution < 1.29 is 9.59 Å². The Morgan fingerprint density at radius 2 is 1.73 bits per heavy atom. The third-order valence-electron chi connectivity index (χ3n) is 5.99. The highest BCUT2D eigenvalue weighted by atomic mass is 16.2. The van der Waals surface area contributed by atoms with Crippen molar-refractivity contribution in [3.63, 3.8) is 0 Å². The minimum Gasteiger partial charge on any atom is -0.396 e. The van der Waals surface area contributed by atoms with Crippen molar-refractivity contribution in [3.8, 4) is 11.4 Å². The second-order valence-corrected chi connectivity index (χ2v) is 7.94. The first-order chi connectivity index (χ1) is 16.0. The summed E-state index contributed by atoms with van der Waals surface area (Å²) >= 11 is 0. The van der Waals surface area contributed by atoms with Gasteiger partial charge < -0.3 is 30.8 Å². The summed E-state index contributed by atoms with van der Waals surface area (Å²) in [4.78, 5) is 51.4. The van der Waals surface area contributed by atoms with Gasteiger partial charge in [-0.2, -0.15) is 0 Å². The van der Waals surface area contributed by atoms with E-state index in [9.17, 15) is 14.4 Å². The summed E-state index contributed by atoms with van der Waals surface area (Å²) in [6.07, 6.45) is 0. The molecule has 3 amide bonds. The lowest BCUT2D eigenvalue weighted by Crippen LogP contribution is -2.52. The van der Waals surface area contributed by atoms with Crippen LogP contribution in [0.2, 0.25) is 0 Å². The molecule has 33 heavy (non-hydrogen) atoms. The molecule has 0 radical (unpaired) electrons. The van der Waals surface area contributed by atoms with E-state index in [4.69, 9.17) is 5.73 Å². The average molecular weight is 445 g/mol. The van der Waals surface area contributed by atoms with E-state index < -0.39 is 0 Å². The largest absolute Gasteiger partial charge is 0.396 e. The molecule has 5 N–H and O–H groups in total. The van der Waals surface area contributed by atoms with Crippen LogP contribution in [0.15, 0.2) is 47.3 Å². The predicted octanol–water partition coefficient (Wildman–Crippen LogP) is 1.75. The molecule has 1 saturated heterocycles. The van der Waals surface area contributed by atoms with Gasteiger partial charge in [-0.25, -0.2) is 9.78 Å². The normalized spacial score (nSPS) is 14.1. The number of piperazine rings is 1. The first kappa shape index (κ1) is 20.6. The van der Waals surface area contributed by atoms with E-state index in [1.165, 1.54) is 0 Å². The number of aromatic amines is 2. The number of hydrogen-bond donors (Lipinski definition) is 4. The highest BCUT2D eigenvalue weighted by molar-refractivity contribution is 6.04. The third kappa shape index (κ3) is 3.55. The number of para-hydroxylation sites is 2. The molecule has 10 nitrogen and oxygen atoms in total. The molecule has 10 heteroatoms. The number of fused-ring (bicyclic) bond motifs is 2. The van der Waals surface area contributed by atoms with Gasteiger partial charge in [0.15, 0.2) is 5.69 Å². The van der Waals surface area contributed by atoms with E-state index in [2.05, 4.69) is 20.3 Å². The van der Waals surface area contributed by atoms with E-state index in [-0.39, 0.29) is 23.2 Å². The molecule has 4 aromatic rings. The van der Waals surface area contributed by atoms with Crippen molar-refractivity contribution in [1.82, 2.24) is 30.1 Å². The molecule has 5 rings (SSSR count). The van der Waals surface area contributed by atoms with Gasteiger partial charge in [0.2, 0.25) is 0 Å². The van der Waals surface area contributed by atoms with E-state index in [1.807, 2.05) is 18.2 Å². The van der Waals surface area contributed by atoms with Gasteiger partial charge in [0, 0.05) is 49.7 Å². The maximum absolute atomic E-state index is 13.1. The number of rotatable bonds is 2. The first-order valence-electron chi connectivity index (χ1n) is 10.6. The average Bonchev–Trinajstić information content (AvgIpc) is 3.18. The monoisotopic (exact) mass is 445 g/mol. The zero-order chi connectivity index (χ0) is 23.1. The van der Waals surface area contributed by atoms with Crippen LogP contribution in [0.1, 0.15) is 10.4 Å². The standard InChI is InChI=1S/C23H23N7O3/c1-25-23(33)30-10-8-29(9-11-30)22(32)13-6-7-15-14(12-13)18(24)19(26-15)20-21(31)28-17-5-3-2-4-16(17)27-20/h2-7,12,26H,8-11,24H2,1H3,(H,25,33)(H,28,31). The number of carbonyl (C=O) groups excluding carboxylic acids is 2. The van der Waals surface area contributed by atoms with Gasteiger partial charge in [0.05, 0.1) is 22.4 Å². The summed E-state index contributed by atoms with van der Waals surface area (Å²) in [5.74, 6) is -0.128. The molecule has 168 valence electrons. The summed E-state index contributed by atoms with van der Waals surface area (Å²) in [6.45, 7) is 1.85. The minimum absolute atomic E-state index is 0.128. The molecular weight excluding hydrogens is 422 g/mol. The SMILES string of the molecule is CNC(=O)N1CCN(C(=O)c2ccc3[nH]c(-c4nc5ccccc5[nH]c4=O)c(N)c3c2)CC1. The number of H-pyrrole nitrogens is 2. The molecule has 0 unspecified atom stereocenters. The van der Waals surface area contributed by atoms with Crippen LogP contribution in [0.5, 0.6) is 0 Å². The fourth-order valence-electron chi connectivity index (χ4n) is 4.18. The summed E-state index contributed by atoms with van der Waals surface area (Å²) in [6, 6.07) is 12.4. The van der Waals surface area contributed by atoms with Gasteiger partial charge in [-0.15, -0.1) is 0 Å². The van der Waals surface area contributed by atoms with Gasteiger partial charge >= 0.3 is 6.03 Å². The Morgan fingerprint density at radius 3 is 2.48 bits per heavy atom. The van der Waals surface area contributed by atoms with Gasteiger partial charge in [-0.3, -0.25) is 9.59 Å². The molecule has 3 heterocycles. The number of urea groups is 1. The quantitative estimate of drug-likeness (QED) is 0.372. The molecule has 1 aliphatic rings. The Morgan fingerprint density at radius 1 is 1.00 bits per heavy atom.